The minimum atomic E-state index is -1.10. The summed E-state index contributed by atoms with van der Waals surface area (Å²) in [5.74, 6) is -1.31. The van der Waals surface area contributed by atoms with E-state index in [9.17, 15) is 14.4 Å². The molecule has 2 amide bonds. The second-order valence-electron chi connectivity index (χ2n) is 6.86. The van der Waals surface area contributed by atoms with Gasteiger partial charge in [-0.2, -0.15) is 0 Å². The number of alkyl carbamates (subject to hydrolysis) is 1. The van der Waals surface area contributed by atoms with Gasteiger partial charge in [-0.15, -0.1) is 0 Å². The lowest BCUT2D eigenvalue weighted by Crippen LogP contribution is -2.47. The first-order valence-electron chi connectivity index (χ1n) is 9.36. The molecule has 9 heteroatoms. The Morgan fingerprint density at radius 2 is 1.77 bits per heavy atom. The van der Waals surface area contributed by atoms with Crippen molar-refractivity contribution >= 4 is 35.4 Å². The lowest BCUT2D eigenvalue weighted by Gasteiger charge is -2.22. The minimum Gasteiger partial charge on any atom is -0.451 e. The van der Waals surface area contributed by atoms with Crippen molar-refractivity contribution in [1.82, 2.24) is 10.3 Å². The molecule has 1 unspecified atom stereocenters. The lowest BCUT2D eigenvalue weighted by molar-refractivity contribution is -0.156. The van der Waals surface area contributed by atoms with E-state index in [-0.39, 0.29) is 18.3 Å². The highest BCUT2D eigenvalue weighted by molar-refractivity contribution is 6.30. The summed E-state index contributed by atoms with van der Waals surface area (Å²) in [6.45, 7) is 4.98. The van der Waals surface area contributed by atoms with Crippen molar-refractivity contribution in [3.63, 3.8) is 0 Å². The van der Waals surface area contributed by atoms with Crippen LogP contribution in [0.3, 0.4) is 0 Å². The SMILES string of the molecule is CC(OC(=O)[C@@H](NC(=O)OCc1ccccc1)C(C)C)C(=O)Nc1ccc(Cl)cn1. The summed E-state index contributed by atoms with van der Waals surface area (Å²) >= 11 is 5.75. The van der Waals surface area contributed by atoms with E-state index in [2.05, 4.69) is 15.6 Å². The van der Waals surface area contributed by atoms with E-state index in [0.717, 1.165) is 5.56 Å². The van der Waals surface area contributed by atoms with E-state index in [1.54, 1.807) is 19.9 Å². The molecule has 0 fully saturated rings. The standard InChI is InChI=1S/C21H24ClN3O5/c1-13(2)18(25-21(28)29-12-15-7-5-4-6-8-15)20(27)30-14(3)19(26)24-17-10-9-16(22)11-23-17/h4-11,13-14,18H,12H2,1-3H3,(H,25,28)(H,23,24,26)/t14?,18-/m0/s1. The minimum absolute atomic E-state index is 0.0689. The van der Waals surface area contributed by atoms with Gasteiger partial charge in [0.05, 0.1) is 5.02 Å². The second-order valence-corrected chi connectivity index (χ2v) is 7.29. The molecule has 2 rings (SSSR count). The molecule has 0 saturated carbocycles. The Labute approximate surface area is 179 Å². The fourth-order valence-corrected chi connectivity index (χ4v) is 2.48. The van der Waals surface area contributed by atoms with E-state index >= 15 is 0 Å². The molecule has 0 radical (unpaired) electrons. The average molecular weight is 434 g/mol. The number of pyridine rings is 1. The fraction of sp³-hybridized carbons (Fsp3) is 0.333. The van der Waals surface area contributed by atoms with Crippen molar-refractivity contribution in [3.05, 3.63) is 59.2 Å². The Hall–Kier alpha value is -3.13. The van der Waals surface area contributed by atoms with E-state index in [1.165, 1.54) is 19.2 Å². The first-order chi connectivity index (χ1) is 14.3. The summed E-state index contributed by atoms with van der Waals surface area (Å²) in [5, 5.41) is 5.44. The summed E-state index contributed by atoms with van der Waals surface area (Å²) in [6, 6.07) is 11.3. The zero-order valence-corrected chi connectivity index (χ0v) is 17.7. The van der Waals surface area contributed by atoms with Crippen LogP contribution in [-0.4, -0.2) is 35.1 Å². The predicted octanol–water partition coefficient (Wildman–Crippen LogP) is 3.56. The number of anilines is 1. The van der Waals surface area contributed by atoms with Gasteiger partial charge in [0.2, 0.25) is 0 Å². The van der Waals surface area contributed by atoms with Gasteiger partial charge in [0.25, 0.3) is 5.91 Å². The molecule has 1 aromatic carbocycles. The third-order valence-corrected chi connectivity index (χ3v) is 4.27. The number of halogens is 1. The zero-order chi connectivity index (χ0) is 22.1. The molecule has 1 aromatic heterocycles. The number of rotatable bonds is 8. The summed E-state index contributed by atoms with van der Waals surface area (Å²) in [5.41, 5.74) is 0.817. The maximum absolute atomic E-state index is 12.5. The van der Waals surface area contributed by atoms with Crippen molar-refractivity contribution < 1.29 is 23.9 Å². The molecule has 0 spiro atoms. The molecule has 2 atom stereocenters. The molecule has 0 aliphatic rings. The molecular weight excluding hydrogens is 410 g/mol. The molecule has 0 aliphatic carbocycles. The van der Waals surface area contributed by atoms with Gasteiger partial charge in [-0.05, 0) is 30.5 Å². The number of hydrogen-bond acceptors (Lipinski definition) is 6. The molecule has 0 saturated heterocycles. The first kappa shape index (κ1) is 23.2. The molecule has 160 valence electrons. The Morgan fingerprint density at radius 1 is 1.07 bits per heavy atom. The van der Waals surface area contributed by atoms with Crippen LogP contribution in [0.4, 0.5) is 10.6 Å². The van der Waals surface area contributed by atoms with E-state index in [0.29, 0.717) is 5.02 Å². The number of esters is 1. The van der Waals surface area contributed by atoms with Crippen LogP contribution in [0.2, 0.25) is 5.02 Å². The fourth-order valence-electron chi connectivity index (χ4n) is 2.37. The van der Waals surface area contributed by atoms with E-state index < -0.39 is 30.1 Å². The van der Waals surface area contributed by atoms with Gasteiger partial charge in [0.15, 0.2) is 6.10 Å². The van der Waals surface area contributed by atoms with Gasteiger partial charge < -0.3 is 20.1 Å². The number of ether oxygens (including phenoxy) is 2. The smallest absolute Gasteiger partial charge is 0.408 e. The predicted molar refractivity (Wildman–Crippen MR) is 112 cm³/mol. The van der Waals surface area contributed by atoms with Gasteiger partial charge in [0, 0.05) is 6.20 Å². The molecule has 0 bridgehead atoms. The van der Waals surface area contributed by atoms with Gasteiger partial charge >= 0.3 is 12.1 Å². The first-order valence-corrected chi connectivity index (χ1v) is 9.74. The molecule has 30 heavy (non-hydrogen) atoms. The average Bonchev–Trinajstić information content (AvgIpc) is 2.72. The molecule has 8 nitrogen and oxygen atoms in total. The van der Waals surface area contributed by atoms with E-state index in [1.807, 2.05) is 30.3 Å². The lowest BCUT2D eigenvalue weighted by atomic mass is 10.1. The highest BCUT2D eigenvalue weighted by Gasteiger charge is 2.29. The van der Waals surface area contributed by atoms with Gasteiger partial charge in [-0.1, -0.05) is 55.8 Å². The van der Waals surface area contributed by atoms with Crippen LogP contribution in [0.25, 0.3) is 0 Å². The van der Waals surface area contributed by atoms with Gasteiger partial charge in [-0.25, -0.2) is 14.6 Å². The molecule has 0 aliphatic heterocycles. The topological polar surface area (TPSA) is 107 Å². The number of carbonyl (C=O) groups is 3. The normalized spacial score (nSPS) is 12.6. The Bertz CT molecular complexity index is 859. The maximum atomic E-state index is 12.5. The third-order valence-electron chi connectivity index (χ3n) is 4.05. The third kappa shape index (κ3) is 7.36. The summed E-state index contributed by atoms with van der Waals surface area (Å²) < 4.78 is 10.4. The molecule has 1 heterocycles. The van der Waals surface area contributed by atoms with Crippen LogP contribution >= 0.6 is 11.6 Å². The number of benzene rings is 1. The Morgan fingerprint density at radius 3 is 2.37 bits per heavy atom. The number of amides is 2. The van der Waals surface area contributed by atoms with E-state index in [4.69, 9.17) is 21.1 Å². The number of nitrogens with one attached hydrogen (secondary N) is 2. The number of nitrogens with zero attached hydrogens (tertiary/aromatic N) is 1. The quantitative estimate of drug-likeness (QED) is 0.616. The van der Waals surface area contributed by atoms with Crippen LogP contribution in [0.5, 0.6) is 0 Å². The van der Waals surface area contributed by atoms with Crippen molar-refractivity contribution in [1.29, 1.82) is 0 Å². The highest BCUT2D eigenvalue weighted by atomic mass is 35.5. The van der Waals surface area contributed by atoms with Crippen molar-refractivity contribution in [2.24, 2.45) is 5.92 Å². The number of carbonyl (C=O) groups excluding carboxylic acids is 3. The van der Waals surface area contributed by atoms with Crippen LogP contribution in [0.1, 0.15) is 26.3 Å². The maximum Gasteiger partial charge on any atom is 0.408 e. The Kier molecular flexibility index (Phi) is 8.61. The van der Waals surface area contributed by atoms with Crippen molar-refractivity contribution in [2.45, 2.75) is 39.5 Å². The molecular formula is C21H24ClN3O5. The Balaban J connectivity index is 1.88. The van der Waals surface area contributed by atoms with Gasteiger partial charge in [-0.3, -0.25) is 4.79 Å². The van der Waals surface area contributed by atoms with Gasteiger partial charge in [0.1, 0.15) is 18.5 Å². The summed E-state index contributed by atoms with van der Waals surface area (Å²) in [4.78, 5) is 40.8. The summed E-state index contributed by atoms with van der Waals surface area (Å²) in [7, 11) is 0. The second kappa shape index (κ2) is 11.2. The number of hydrogen-bond donors (Lipinski definition) is 2. The molecule has 2 aromatic rings. The van der Waals surface area contributed by atoms with Crippen molar-refractivity contribution in [3.8, 4) is 0 Å². The number of aromatic nitrogens is 1. The zero-order valence-electron chi connectivity index (χ0n) is 16.9. The van der Waals surface area contributed by atoms with Crippen LogP contribution < -0.4 is 10.6 Å². The largest absolute Gasteiger partial charge is 0.451 e. The monoisotopic (exact) mass is 433 g/mol. The van der Waals surface area contributed by atoms with Crippen LogP contribution in [0, 0.1) is 5.92 Å². The van der Waals surface area contributed by atoms with Crippen molar-refractivity contribution in [2.75, 3.05) is 5.32 Å². The molecule has 2 N–H and O–H groups in total. The van der Waals surface area contributed by atoms with Crippen LogP contribution in [-0.2, 0) is 25.7 Å². The van der Waals surface area contributed by atoms with Crippen LogP contribution in [0.15, 0.2) is 48.7 Å². The highest BCUT2D eigenvalue weighted by Crippen LogP contribution is 2.11. The summed E-state index contributed by atoms with van der Waals surface area (Å²) in [6.07, 6.45) is -0.469.